The second-order valence-corrected chi connectivity index (χ2v) is 3.68. The van der Waals surface area contributed by atoms with Crippen LogP contribution in [-0.4, -0.2) is 26.8 Å². The van der Waals surface area contributed by atoms with Crippen LogP contribution in [0.1, 0.15) is 24.2 Å². The molecule has 0 fully saturated rings. The van der Waals surface area contributed by atoms with E-state index in [0.29, 0.717) is 16.8 Å². The van der Waals surface area contributed by atoms with Gasteiger partial charge in [0.05, 0.1) is 11.3 Å². The molecule has 1 amide bonds. The first-order chi connectivity index (χ1) is 7.99. The Morgan fingerprint density at radius 2 is 2.06 bits per heavy atom. The molecular formula is C11H11N3O3. The average molecular weight is 233 g/mol. The summed E-state index contributed by atoms with van der Waals surface area (Å²) in [6, 6.07) is 3.20. The molecule has 0 atom stereocenters. The Morgan fingerprint density at radius 3 is 2.65 bits per heavy atom. The maximum absolute atomic E-state index is 11.4. The smallest absolute Gasteiger partial charge is 0.223 e. The van der Waals surface area contributed by atoms with Crippen molar-refractivity contribution in [1.29, 1.82) is 0 Å². The topological polar surface area (TPSA) is 95.1 Å². The lowest BCUT2D eigenvalue weighted by molar-refractivity contribution is -0.114. The van der Waals surface area contributed by atoms with Crippen molar-refractivity contribution >= 4 is 17.6 Å². The van der Waals surface area contributed by atoms with Crippen molar-refractivity contribution in [3.05, 3.63) is 17.7 Å². The highest BCUT2D eigenvalue weighted by atomic mass is 16.3. The van der Waals surface area contributed by atoms with E-state index >= 15 is 0 Å². The predicted octanol–water partition coefficient (Wildman–Crippen LogP) is 1.38. The summed E-state index contributed by atoms with van der Waals surface area (Å²) in [5.41, 5.74) is 1.36. The maximum Gasteiger partial charge on any atom is 0.223 e. The molecule has 0 aromatic heterocycles. The molecule has 6 nitrogen and oxygen atoms in total. The van der Waals surface area contributed by atoms with Crippen LogP contribution < -0.4 is 5.32 Å². The normalized spacial score (nSPS) is 10.5. The lowest BCUT2D eigenvalue weighted by Crippen LogP contribution is -2.10. The van der Waals surface area contributed by atoms with Crippen LogP contribution >= 0.6 is 0 Å². The number of aromatic hydroxyl groups is 1. The van der Waals surface area contributed by atoms with Gasteiger partial charge in [-0.3, -0.25) is 14.9 Å². The average Bonchev–Trinajstić information content (AvgIpc) is 2.60. The number of ketones is 1. The van der Waals surface area contributed by atoms with Crippen LogP contribution in [0.15, 0.2) is 12.1 Å². The summed E-state index contributed by atoms with van der Waals surface area (Å²) in [6.45, 7) is 2.76. The minimum atomic E-state index is -0.316. The first-order valence-corrected chi connectivity index (χ1v) is 4.99. The van der Waals surface area contributed by atoms with Crippen molar-refractivity contribution in [1.82, 2.24) is 9.97 Å². The zero-order valence-electron chi connectivity index (χ0n) is 9.37. The number of Topliss-reactive ketones (excluding diaryl/α,β-unsaturated/α-hetero) is 1. The molecule has 0 radical (unpaired) electrons. The van der Waals surface area contributed by atoms with E-state index in [0.717, 1.165) is 0 Å². The third-order valence-electron chi connectivity index (χ3n) is 2.33. The highest BCUT2D eigenvalue weighted by Crippen LogP contribution is 2.33. The Bertz CT molecular complexity index is 574. The molecule has 2 aliphatic rings. The summed E-state index contributed by atoms with van der Waals surface area (Å²) in [4.78, 5) is 28.8. The number of amides is 1. The summed E-state index contributed by atoms with van der Waals surface area (Å²) in [5, 5.41) is 12.1. The summed E-state index contributed by atoms with van der Waals surface area (Å²) in [7, 11) is 0. The van der Waals surface area contributed by atoms with Crippen molar-refractivity contribution in [3.63, 3.8) is 0 Å². The standard InChI is InChI=1S/C11H11N3O3/c1-5(15)7-3-4-8-9(7)13-11(12-6(2)16)14-10(8)17/h3-4,17H,1-2H3,(H2,12,13,14,16). The Morgan fingerprint density at radius 1 is 1.35 bits per heavy atom. The molecule has 0 saturated carbocycles. The molecule has 1 heterocycles. The van der Waals surface area contributed by atoms with Crippen molar-refractivity contribution in [3.8, 4) is 17.1 Å². The van der Waals surface area contributed by atoms with Crippen LogP contribution in [0, 0.1) is 0 Å². The number of rotatable bonds is 2. The predicted molar refractivity (Wildman–Crippen MR) is 61.2 cm³/mol. The fourth-order valence-electron chi connectivity index (χ4n) is 1.63. The van der Waals surface area contributed by atoms with Crippen molar-refractivity contribution < 1.29 is 14.7 Å². The zero-order chi connectivity index (χ0) is 12.6. The molecule has 88 valence electrons. The van der Waals surface area contributed by atoms with Gasteiger partial charge in [-0.2, -0.15) is 4.98 Å². The number of hydrogen-bond acceptors (Lipinski definition) is 4. The number of carbonyl (C=O) groups excluding carboxylic acids is 2. The van der Waals surface area contributed by atoms with Gasteiger partial charge in [-0.25, -0.2) is 0 Å². The number of aromatic amines is 1. The number of nitrogens with zero attached hydrogens (tertiary/aromatic N) is 1. The van der Waals surface area contributed by atoms with Gasteiger partial charge in [0.25, 0.3) is 0 Å². The van der Waals surface area contributed by atoms with Gasteiger partial charge >= 0.3 is 0 Å². The number of aromatic nitrogens is 2. The quantitative estimate of drug-likeness (QED) is 0.683. The molecular weight excluding hydrogens is 222 g/mol. The number of anilines is 1. The highest BCUT2D eigenvalue weighted by Gasteiger charge is 2.19. The zero-order valence-corrected chi connectivity index (χ0v) is 9.37. The molecule has 1 aliphatic heterocycles. The van der Waals surface area contributed by atoms with Crippen molar-refractivity contribution in [2.45, 2.75) is 13.8 Å². The first-order valence-electron chi connectivity index (χ1n) is 4.99. The highest BCUT2D eigenvalue weighted by molar-refractivity contribution is 6.02. The van der Waals surface area contributed by atoms with Crippen LogP contribution in [0.5, 0.6) is 5.88 Å². The number of H-pyrrole nitrogens is 1. The Hall–Kier alpha value is -2.37. The molecule has 0 aromatic rings. The van der Waals surface area contributed by atoms with E-state index in [4.69, 9.17) is 0 Å². The molecule has 0 spiro atoms. The molecule has 0 aromatic carbocycles. The minimum Gasteiger partial charge on any atom is -0.493 e. The fraction of sp³-hybridized carbons (Fsp3) is 0.182. The third-order valence-corrected chi connectivity index (χ3v) is 2.33. The Balaban J connectivity index is 2.59. The second kappa shape index (κ2) is 3.89. The number of carbonyl (C=O) groups is 2. The van der Waals surface area contributed by atoms with E-state index in [2.05, 4.69) is 15.3 Å². The number of fused-ring (bicyclic) bond motifs is 1. The third kappa shape index (κ3) is 1.96. The van der Waals surface area contributed by atoms with E-state index < -0.39 is 0 Å². The summed E-state index contributed by atoms with van der Waals surface area (Å²) in [6.07, 6.45) is 0. The monoisotopic (exact) mass is 233 g/mol. The fourth-order valence-corrected chi connectivity index (χ4v) is 1.63. The molecule has 0 unspecified atom stereocenters. The summed E-state index contributed by atoms with van der Waals surface area (Å²) >= 11 is 0. The molecule has 2 rings (SSSR count). The van der Waals surface area contributed by atoms with Gasteiger partial charge in [-0.15, -0.1) is 0 Å². The summed E-state index contributed by atoms with van der Waals surface area (Å²) < 4.78 is 0. The van der Waals surface area contributed by atoms with Crippen LogP contribution in [-0.2, 0) is 4.79 Å². The van der Waals surface area contributed by atoms with Crippen LogP contribution in [0.2, 0.25) is 0 Å². The van der Waals surface area contributed by atoms with E-state index in [1.54, 1.807) is 12.1 Å². The van der Waals surface area contributed by atoms with Gasteiger partial charge < -0.3 is 10.1 Å². The molecule has 6 heteroatoms. The van der Waals surface area contributed by atoms with Crippen LogP contribution in [0.25, 0.3) is 11.3 Å². The SMILES string of the molecule is CC(=O)Nc1nc(O)c2ccc(C(C)=O)c-2[nH]1. The number of hydrogen-bond donors (Lipinski definition) is 3. The Labute approximate surface area is 97.0 Å². The minimum absolute atomic E-state index is 0.108. The molecule has 3 N–H and O–H groups in total. The van der Waals surface area contributed by atoms with Gasteiger partial charge in [0.2, 0.25) is 17.7 Å². The summed E-state index contributed by atoms with van der Waals surface area (Å²) in [5.74, 6) is -0.565. The molecule has 17 heavy (non-hydrogen) atoms. The van der Waals surface area contributed by atoms with E-state index in [1.807, 2.05) is 0 Å². The van der Waals surface area contributed by atoms with Gasteiger partial charge in [0.15, 0.2) is 5.78 Å². The Kier molecular flexibility index (Phi) is 2.55. The van der Waals surface area contributed by atoms with E-state index in [-0.39, 0.29) is 23.5 Å². The van der Waals surface area contributed by atoms with Gasteiger partial charge in [0, 0.05) is 12.5 Å². The van der Waals surface area contributed by atoms with Gasteiger partial charge in [-0.05, 0) is 19.1 Å². The van der Waals surface area contributed by atoms with E-state index in [1.165, 1.54) is 13.8 Å². The van der Waals surface area contributed by atoms with Crippen LogP contribution in [0.4, 0.5) is 5.95 Å². The van der Waals surface area contributed by atoms with Gasteiger partial charge in [-0.1, -0.05) is 0 Å². The number of nitrogens with one attached hydrogen (secondary N) is 2. The van der Waals surface area contributed by atoms with Gasteiger partial charge in [0.1, 0.15) is 0 Å². The molecule has 1 aliphatic carbocycles. The largest absolute Gasteiger partial charge is 0.493 e. The second-order valence-electron chi connectivity index (χ2n) is 3.68. The van der Waals surface area contributed by atoms with Crippen molar-refractivity contribution in [2.24, 2.45) is 0 Å². The molecule has 0 saturated heterocycles. The molecule has 0 bridgehead atoms. The van der Waals surface area contributed by atoms with Crippen molar-refractivity contribution in [2.75, 3.05) is 5.32 Å². The maximum atomic E-state index is 11.4. The van der Waals surface area contributed by atoms with Crippen LogP contribution in [0.3, 0.4) is 0 Å². The lowest BCUT2D eigenvalue weighted by atomic mass is 10.1. The first kappa shape index (κ1) is 11.1. The lowest BCUT2D eigenvalue weighted by Gasteiger charge is -2.08. The van der Waals surface area contributed by atoms with E-state index in [9.17, 15) is 14.7 Å².